The van der Waals surface area contributed by atoms with Gasteiger partial charge in [0.05, 0.1) is 11.5 Å². The predicted molar refractivity (Wildman–Crippen MR) is 152 cm³/mol. The SMILES string of the molecule is CC1(C)CC[C@]2(C(=O)NCCCN)CC[C@]3(C)C(=CC[C@@H]4[C@@]5(C)CC[C@H](O)C(C)(C)[C@@H]5CC[C@]43C)[C@@H]2C1. The van der Waals surface area contributed by atoms with Crippen molar-refractivity contribution in [3.05, 3.63) is 11.6 Å². The fourth-order valence-electron chi connectivity index (χ4n) is 11.1. The van der Waals surface area contributed by atoms with Gasteiger partial charge in [-0.1, -0.05) is 60.1 Å². The number of nitrogens with one attached hydrogen (secondary N) is 1. The zero-order valence-electron chi connectivity index (χ0n) is 25.0. The van der Waals surface area contributed by atoms with E-state index in [0.29, 0.717) is 36.8 Å². The highest BCUT2D eigenvalue weighted by molar-refractivity contribution is 5.84. The number of aliphatic hydroxyl groups excluding tert-OH is 1. The molecule has 0 spiro atoms. The van der Waals surface area contributed by atoms with E-state index in [0.717, 1.165) is 57.8 Å². The topological polar surface area (TPSA) is 75.4 Å². The summed E-state index contributed by atoms with van der Waals surface area (Å²) in [6.07, 6.45) is 14.4. The Hall–Kier alpha value is -0.870. The Morgan fingerprint density at radius 1 is 0.973 bits per heavy atom. The molecule has 0 aliphatic heterocycles. The molecule has 0 unspecified atom stereocenters. The maximum atomic E-state index is 13.9. The Kier molecular flexibility index (Phi) is 6.60. The lowest BCUT2D eigenvalue weighted by Crippen LogP contribution is -2.65. The van der Waals surface area contributed by atoms with Gasteiger partial charge >= 0.3 is 0 Å². The third-order valence-electron chi connectivity index (χ3n) is 13.7. The Morgan fingerprint density at radius 2 is 1.68 bits per heavy atom. The predicted octanol–water partition coefficient (Wildman–Crippen LogP) is 6.61. The van der Waals surface area contributed by atoms with Crippen LogP contribution in [0.5, 0.6) is 0 Å². The van der Waals surface area contributed by atoms with E-state index in [-0.39, 0.29) is 38.6 Å². The second kappa shape index (κ2) is 8.82. The number of aliphatic hydroxyl groups is 1. The second-order valence-corrected chi connectivity index (χ2v) is 16.1. The standard InChI is InChI=1S/C33H56N2O2/c1-28(2)15-17-33(27(37)35-20-8-19-34)18-16-31(6)22(23(33)21-28)9-10-25-30(5)13-12-26(36)29(3,4)24(30)11-14-32(25,31)7/h9,23-26,36H,8,10-21,34H2,1-7H3,(H,35,37)/t23-,24-,25+,26-,30-,31+,32+,33-/m0/s1. The molecule has 4 nitrogen and oxygen atoms in total. The molecule has 1 amide bonds. The van der Waals surface area contributed by atoms with Gasteiger partial charge in [-0.15, -0.1) is 0 Å². The lowest BCUT2D eigenvalue weighted by Gasteiger charge is -2.71. The molecule has 4 heteroatoms. The van der Waals surface area contributed by atoms with Crippen LogP contribution in [0.3, 0.4) is 0 Å². The summed E-state index contributed by atoms with van der Waals surface area (Å²) in [4.78, 5) is 13.9. The van der Waals surface area contributed by atoms with Crippen LogP contribution in [-0.4, -0.2) is 30.2 Å². The first-order valence-corrected chi connectivity index (χ1v) is 15.5. The minimum atomic E-state index is -0.253. The molecule has 0 aromatic rings. The first kappa shape index (κ1) is 27.7. The Balaban J connectivity index is 1.54. The smallest absolute Gasteiger partial charge is 0.226 e. The molecule has 5 aliphatic rings. The van der Waals surface area contributed by atoms with E-state index in [2.05, 4.69) is 59.9 Å². The van der Waals surface area contributed by atoms with Crippen LogP contribution in [0.4, 0.5) is 0 Å². The highest BCUT2D eigenvalue weighted by atomic mass is 16.3. The van der Waals surface area contributed by atoms with Crippen molar-refractivity contribution in [2.75, 3.05) is 13.1 Å². The first-order valence-electron chi connectivity index (χ1n) is 15.5. The van der Waals surface area contributed by atoms with Gasteiger partial charge in [-0.25, -0.2) is 0 Å². The van der Waals surface area contributed by atoms with Gasteiger partial charge in [0.2, 0.25) is 5.91 Å². The van der Waals surface area contributed by atoms with Crippen molar-refractivity contribution in [2.45, 2.75) is 125 Å². The molecule has 8 atom stereocenters. The van der Waals surface area contributed by atoms with E-state index in [1.54, 1.807) is 5.57 Å². The third-order valence-corrected chi connectivity index (χ3v) is 13.7. The number of amides is 1. The van der Waals surface area contributed by atoms with Gasteiger partial charge in [0, 0.05) is 6.54 Å². The summed E-state index contributed by atoms with van der Waals surface area (Å²) < 4.78 is 0. The maximum Gasteiger partial charge on any atom is 0.226 e. The van der Waals surface area contributed by atoms with Crippen LogP contribution in [0.15, 0.2) is 11.6 Å². The van der Waals surface area contributed by atoms with E-state index in [9.17, 15) is 9.90 Å². The van der Waals surface area contributed by atoms with Gasteiger partial charge in [-0.05, 0) is 122 Å². The van der Waals surface area contributed by atoms with Gasteiger partial charge < -0.3 is 16.2 Å². The van der Waals surface area contributed by atoms with Crippen LogP contribution in [0.1, 0.15) is 119 Å². The van der Waals surface area contributed by atoms with Gasteiger partial charge in [0.15, 0.2) is 0 Å². The molecular formula is C33H56N2O2. The number of carbonyl (C=O) groups excluding carboxylic acids is 1. The van der Waals surface area contributed by atoms with Crippen LogP contribution < -0.4 is 11.1 Å². The van der Waals surface area contributed by atoms with Crippen molar-refractivity contribution in [3.63, 3.8) is 0 Å². The molecule has 0 bridgehead atoms. The van der Waals surface area contributed by atoms with Crippen molar-refractivity contribution in [1.29, 1.82) is 0 Å². The molecule has 5 aliphatic carbocycles. The van der Waals surface area contributed by atoms with Crippen molar-refractivity contribution in [1.82, 2.24) is 5.32 Å². The Morgan fingerprint density at radius 3 is 2.38 bits per heavy atom. The van der Waals surface area contributed by atoms with Crippen LogP contribution in [0.2, 0.25) is 0 Å². The molecule has 4 fully saturated rings. The highest BCUT2D eigenvalue weighted by Gasteiger charge is 2.69. The number of nitrogens with two attached hydrogens (primary N) is 1. The van der Waals surface area contributed by atoms with E-state index in [1.807, 2.05) is 0 Å². The molecule has 4 N–H and O–H groups in total. The van der Waals surface area contributed by atoms with Gasteiger partial charge in [-0.3, -0.25) is 4.79 Å². The summed E-state index contributed by atoms with van der Waals surface area (Å²) in [5.41, 5.74) is 8.03. The zero-order chi connectivity index (χ0) is 27.1. The Labute approximate surface area is 227 Å². The molecule has 5 rings (SSSR count). The van der Waals surface area contributed by atoms with E-state index in [4.69, 9.17) is 5.73 Å². The normalized spacial score (nSPS) is 48.0. The summed E-state index contributed by atoms with van der Waals surface area (Å²) in [5.74, 6) is 1.86. The fraction of sp³-hybridized carbons (Fsp3) is 0.909. The van der Waals surface area contributed by atoms with E-state index >= 15 is 0 Å². The fourth-order valence-corrected chi connectivity index (χ4v) is 11.1. The molecule has 37 heavy (non-hydrogen) atoms. The minimum absolute atomic E-state index is 0.0179. The number of allylic oxidation sites excluding steroid dienone is 2. The number of hydrogen-bond donors (Lipinski definition) is 3. The van der Waals surface area contributed by atoms with Gasteiger partial charge in [-0.2, -0.15) is 0 Å². The van der Waals surface area contributed by atoms with Crippen molar-refractivity contribution in [2.24, 2.45) is 56.0 Å². The summed E-state index contributed by atoms with van der Waals surface area (Å²) in [7, 11) is 0. The number of rotatable bonds is 4. The molecule has 0 heterocycles. The molecule has 4 saturated carbocycles. The van der Waals surface area contributed by atoms with Gasteiger partial charge in [0.25, 0.3) is 0 Å². The van der Waals surface area contributed by atoms with Crippen LogP contribution in [0, 0.1) is 50.2 Å². The average Bonchev–Trinajstić information content (AvgIpc) is 2.82. The van der Waals surface area contributed by atoms with Crippen LogP contribution >= 0.6 is 0 Å². The summed E-state index contributed by atoms with van der Waals surface area (Å²) >= 11 is 0. The molecule has 210 valence electrons. The lowest BCUT2D eigenvalue weighted by atomic mass is 9.33. The van der Waals surface area contributed by atoms with E-state index < -0.39 is 0 Å². The lowest BCUT2D eigenvalue weighted by molar-refractivity contribution is -0.203. The third kappa shape index (κ3) is 3.77. The minimum Gasteiger partial charge on any atom is -0.393 e. The highest BCUT2D eigenvalue weighted by Crippen LogP contribution is 2.75. The van der Waals surface area contributed by atoms with Crippen molar-refractivity contribution < 1.29 is 9.90 Å². The Bertz CT molecular complexity index is 954. The quantitative estimate of drug-likeness (QED) is 0.293. The van der Waals surface area contributed by atoms with Crippen LogP contribution in [-0.2, 0) is 4.79 Å². The summed E-state index contributed by atoms with van der Waals surface area (Å²) in [6, 6.07) is 0. The largest absolute Gasteiger partial charge is 0.393 e. The van der Waals surface area contributed by atoms with Crippen molar-refractivity contribution in [3.8, 4) is 0 Å². The average molecular weight is 513 g/mol. The molecule has 0 saturated heterocycles. The monoisotopic (exact) mass is 512 g/mol. The zero-order valence-corrected chi connectivity index (χ0v) is 25.0. The summed E-state index contributed by atoms with van der Waals surface area (Å²) in [6.45, 7) is 18.6. The number of carbonyl (C=O) groups is 1. The van der Waals surface area contributed by atoms with Crippen LogP contribution in [0.25, 0.3) is 0 Å². The number of hydrogen-bond acceptors (Lipinski definition) is 3. The molecule has 0 radical (unpaired) electrons. The van der Waals surface area contributed by atoms with E-state index in [1.165, 1.54) is 12.8 Å². The molecule has 0 aromatic carbocycles. The maximum absolute atomic E-state index is 13.9. The van der Waals surface area contributed by atoms with Crippen molar-refractivity contribution >= 4 is 5.91 Å². The first-order chi connectivity index (χ1) is 17.2. The number of fused-ring (bicyclic) bond motifs is 7. The van der Waals surface area contributed by atoms with Gasteiger partial charge in [0.1, 0.15) is 0 Å². The summed E-state index contributed by atoms with van der Waals surface area (Å²) in [5, 5.41) is 14.3. The molecule has 0 aromatic heterocycles. The molecular weight excluding hydrogens is 456 g/mol. The second-order valence-electron chi connectivity index (χ2n) is 16.1.